The van der Waals surface area contributed by atoms with Gasteiger partial charge in [-0.1, -0.05) is 125 Å². The molecule has 0 saturated heterocycles. The average molecular weight is 429 g/mol. The first-order valence-electron chi connectivity index (χ1n) is 12.7. The first kappa shape index (κ1) is 25.9. The van der Waals surface area contributed by atoms with E-state index in [9.17, 15) is 0 Å². The van der Waals surface area contributed by atoms with Crippen LogP contribution in [0.15, 0.2) is 84.0 Å². The molecule has 1 atom stereocenters. The fourth-order valence-electron chi connectivity index (χ4n) is 4.40. The van der Waals surface area contributed by atoms with Gasteiger partial charge < -0.3 is 0 Å². The van der Waals surface area contributed by atoms with Crippen LogP contribution in [-0.4, -0.2) is 0 Å². The minimum Gasteiger partial charge on any atom is -0.0961 e. The van der Waals surface area contributed by atoms with Crippen LogP contribution in [0.4, 0.5) is 0 Å². The molecule has 1 aromatic rings. The summed E-state index contributed by atoms with van der Waals surface area (Å²) >= 11 is 0. The highest BCUT2D eigenvalue weighted by Crippen LogP contribution is 2.37. The first-order chi connectivity index (χ1) is 15.5. The molecular weight excluding hydrogens is 384 g/mol. The van der Waals surface area contributed by atoms with Gasteiger partial charge in [-0.15, -0.1) is 0 Å². The van der Waals surface area contributed by atoms with Crippen molar-refractivity contribution in [2.45, 2.75) is 91.9 Å². The second kappa shape index (κ2) is 13.9. The predicted molar refractivity (Wildman–Crippen MR) is 145 cm³/mol. The normalized spacial score (nSPS) is 19.8. The van der Waals surface area contributed by atoms with E-state index in [1.54, 1.807) is 0 Å². The zero-order valence-electron chi connectivity index (χ0n) is 21.2. The molecule has 32 heavy (non-hydrogen) atoms. The number of hydrogen-bond donors (Lipinski definition) is 0. The van der Waals surface area contributed by atoms with Crippen molar-refractivity contribution in [1.82, 2.24) is 0 Å². The average Bonchev–Trinajstić information content (AvgIpc) is 2.75. The van der Waals surface area contributed by atoms with E-state index in [0.29, 0.717) is 5.92 Å². The molecule has 0 amide bonds. The molecular formula is C32H44. The number of allylic oxidation sites excluding steroid dienone is 11. The molecule has 0 N–H and O–H groups in total. The first-order valence-corrected chi connectivity index (χ1v) is 12.7. The lowest BCUT2D eigenvalue weighted by atomic mass is 9.82. The quantitative estimate of drug-likeness (QED) is 0.307. The fourth-order valence-corrected chi connectivity index (χ4v) is 4.40. The van der Waals surface area contributed by atoms with Crippen LogP contribution in [-0.2, 0) is 6.42 Å². The Balaban J connectivity index is 2.56. The smallest absolute Gasteiger partial charge is 0.00610 e. The van der Waals surface area contributed by atoms with E-state index in [4.69, 9.17) is 0 Å². The summed E-state index contributed by atoms with van der Waals surface area (Å²) in [6.07, 6.45) is 25.1. The molecule has 0 saturated carbocycles. The highest BCUT2D eigenvalue weighted by molar-refractivity contribution is 5.83. The van der Waals surface area contributed by atoms with Crippen LogP contribution in [0.1, 0.15) is 102 Å². The summed E-state index contributed by atoms with van der Waals surface area (Å²) in [7, 11) is 0. The molecule has 0 heterocycles. The molecule has 0 aromatic heterocycles. The lowest BCUT2D eigenvalue weighted by Gasteiger charge is -2.23. The zero-order chi connectivity index (χ0) is 23.3. The van der Waals surface area contributed by atoms with E-state index in [0.717, 1.165) is 37.7 Å². The molecule has 1 unspecified atom stereocenters. The van der Waals surface area contributed by atoms with Gasteiger partial charge in [0.05, 0.1) is 0 Å². The molecule has 0 fully saturated rings. The maximum atomic E-state index is 4.00. The Hall–Kier alpha value is -2.34. The molecule has 1 aliphatic carbocycles. The summed E-state index contributed by atoms with van der Waals surface area (Å²) in [5, 5.41) is 0. The largest absolute Gasteiger partial charge is 0.0961 e. The molecule has 172 valence electrons. The van der Waals surface area contributed by atoms with E-state index < -0.39 is 0 Å². The van der Waals surface area contributed by atoms with Crippen LogP contribution >= 0.6 is 0 Å². The summed E-state index contributed by atoms with van der Waals surface area (Å²) in [6.45, 7) is 15.2. The topological polar surface area (TPSA) is 0 Å². The van der Waals surface area contributed by atoms with Gasteiger partial charge in [-0.05, 0) is 72.8 Å². The van der Waals surface area contributed by atoms with Crippen molar-refractivity contribution in [2.24, 2.45) is 0 Å². The summed E-state index contributed by atoms with van der Waals surface area (Å²) in [4.78, 5) is 0. The standard InChI is InChI=1S/C32H44/c1-7-10-19-29(23-27(14-8-2)18-13-16-25(4)5)31-20-12-11-17-26(6)30-22-21-28(15-9-3)24-32(30)31/h11-13,16,18-22,24,26H,4,7-10,14-15,17,23H2,1-3,5-6H3/b12-11+,16-13-,27-18+,29-19+,31-20-. The van der Waals surface area contributed by atoms with Gasteiger partial charge in [-0.25, -0.2) is 0 Å². The third-order valence-electron chi connectivity index (χ3n) is 6.09. The number of fused-ring (bicyclic) bond motifs is 1. The lowest BCUT2D eigenvalue weighted by Crippen LogP contribution is -2.04. The SMILES string of the molecule is C=C(C)/C=C\C=C(/CCC)CC(=C\CCC)/C1=C/C=C/CC(C)c2ccc(CCC)cc21. The van der Waals surface area contributed by atoms with Crippen molar-refractivity contribution < 1.29 is 0 Å². The predicted octanol–water partition coefficient (Wildman–Crippen LogP) is 10.1. The Labute approximate surface area is 198 Å². The molecule has 0 nitrogen and oxygen atoms in total. The van der Waals surface area contributed by atoms with E-state index in [1.165, 1.54) is 52.7 Å². The van der Waals surface area contributed by atoms with Crippen molar-refractivity contribution >= 4 is 5.57 Å². The van der Waals surface area contributed by atoms with Crippen LogP contribution in [0.25, 0.3) is 5.57 Å². The van der Waals surface area contributed by atoms with Crippen molar-refractivity contribution in [3.05, 3.63) is 101 Å². The number of rotatable bonds is 11. The summed E-state index contributed by atoms with van der Waals surface area (Å²) in [5.74, 6) is 0.539. The van der Waals surface area contributed by atoms with Crippen molar-refractivity contribution in [2.75, 3.05) is 0 Å². The Morgan fingerprint density at radius 3 is 2.62 bits per heavy atom. The molecule has 0 spiro atoms. The minimum absolute atomic E-state index is 0.539. The van der Waals surface area contributed by atoms with Gasteiger partial charge in [0, 0.05) is 0 Å². The van der Waals surface area contributed by atoms with Gasteiger partial charge in [0.15, 0.2) is 0 Å². The summed E-state index contributed by atoms with van der Waals surface area (Å²) in [6, 6.07) is 7.22. The minimum atomic E-state index is 0.539. The van der Waals surface area contributed by atoms with Crippen LogP contribution in [0.5, 0.6) is 0 Å². The molecule has 0 aliphatic heterocycles. The Bertz CT molecular complexity index is 898. The zero-order valence-corrected chi connectivity index (χ0v) is 21.2. The van der Waals surface area contributed by atoms with Crippen LogP contribution in [0, 0.1) is 0 Å². The highest BCUT2D eigenvalue weighted by atomic mass is 14.2. The maximum Gasteiger partial charge on any atom is -0.00610 e. The highest BCUT2D eigenvalue weighted by Gasteiger charge is 2.18. The van der Waals surface area contributed by atoms with Gasteiger partial charge in [0.2, 0.25) is 0 Å². The number of benzene rings is 1. The molecule has 2 rings (SSSR count). The molecule has 0 radical (unpaired) electrons. The van der Waals surface area contributed by atoms with Gasteiger partial charge in [-0.3, -0.25) is 0 Å². The number of unbranched alkanes of at least 4 members (excludes halogenated alkanes) is 1. The maximum absolute atomic E-state index is 4.00. The third kappa shape index (κ3) is 7.97. The van der Waals surface area contributed by atoms with E-state index in [1.807, 2.05) is 6.92 Å². The van der Waals surface area contributed by atoms with Gasteiger partial charge in [0.25, 0.3) is 0 Å². The monoisotopic (exact) mass is 428 g/mol. The Morgan fingerprint density at radius 1 is 1.12 bits per heavy atom. The van der Waals surface area contributed by atoms with Crippen molar-refractivity contribution in [1.29, 1.82) is 0 Å². The molecule has 0 bridgehead atoms. The fraction of sp³-hybridized carbons (Fsp3) is 0.438. The Kier molecular flexibility index (Phi) is 11.3. The summed E-state index contributed by atoms with van der Waals surface area (Å²) in [5.41, 5.74) is 9.88. The van der Waals surface area contributed by atoms with E-state index >= 15 is 0 Å². The van der Waals surface area contributed by atoms with Gasteiger partial charge in [0.1, 0.15) is 0 Å². The summed E-state index contributed by atoms with van der Waals surface area (Å²) < 4.78 is 0. The molecule has 0 heteroatoms. The third-order valence-corrected chi connectivity index (χ3v) is 6.09. The molecule has 1 aliphatic rings. The van der Waals surface area contributed by atoms with Crippen molar-refractivity contribution in [3.8, 4) is 0 Å². The van der Waals surface area contributed by atoms with Crippen molar-refractivity contribution in [3.63, 3.8) is 0 Å². The second-order valence-electron chi connectivity index (χ2n) is 9.29. The molecule has 1 aromatic carbocycles. The van der Waals surface area contributed by atoms with Crippen LogP contribution < -0.4 is 0 Å². The van der Waals surface area contributed by atoms with E-state index in [-0.39, 0.29) is 0 Å². The number of hydrogen-bond acceptors (Lipinski definition) is 0. The van der Waals surface area contributed by atoms with Gasteiger partial charge in [-0.2, -0.15) is 0 Å². The number of aryl methyl sites for hydroxylation is 1. The van der Waals surface area contributed by atoms with Crippen LogP contribution in [0.2, 0.25) is 0 Å². The Morgan fingerprint density at radius 2 is 1.94 bits per heavy atom. The van der Waals surface area contributed by atoms with E-state index in [2.05, 4.69) is 95.0 Å². The lowest BCUT2D eigenvalue weighted by molar-refractivity contribution is 0.774. The van der Waals surface area contributed by atoms with Gasteiger partial charge >= 0.3 is 0 Å². The van der Waals surface area contributed by atoms with Crippen LogP contribution in [0.3, 0.4) is 0 Å². The second-order valence-corrected chi connectivity index (χ2v) is 9.29.